The quantitative estimate of drug-likeness (QED) is 0.400. The Labute approximate surface area is 186 Å². The van der Waals surface area contributed by atoms with E-state index in [0.717, 1.165) is 44.2 Å². The highest BCUT2D eigenvalue weighted by molar-refractivity contribution is 6.08. The van der Waals surface area contributed by atoms with Crippen LogP contribution < -0.4 is 9.80 Å². The number of nitrogens with one attached hydrogen (secondary N) is 1. The van der Waals surface area contributed by atoms with Gasteiger partial charge in [0.2, 0.25) is 5.82 Å². The van der Waals surface area contributed by atoms with E-state index in [1.165, 1.54) is 22.4 Å². The van der Waals surface area contributed by atoms with Crippen LogP contribution in [0.15, 0.2) is 71.4 Å². The van der Waals surface area contributed by atoms with Crippen LogP contribution in [0.3, 0.4) is 0 Å². The molecular formula is C27H25N4O+. The summed E-state index contributed by atoms with van der Waals surface area (Å²) in [5.74, 6) is 1.83. The Kier molecular flexibility index (Phi) is 4.10. The molecule has 2 unspecified atom stereocenters. The molecule has 158 valence electrons. The van der Waals surface area contributed by atoms with E-state index >= 15 is 0 Å². The largest absolute Gasteiger partial charge is 0.450 e. The first-order valence-electron chi connectivity index (χ1n) is 11.0. The molecule has 32 heavy (non-hydrogen) atoms. The number of para-hydroxylation sites is 2. The summed E-state index contributed by atoms with van der Waals surface area (Å²) in [5.41, 5.74) is 7.80. The molecule has 0 amide bonds. The van der Waals surface area contributed by atoms with Gasteiger partial charge in [-0.3, -0.25) is 4.90 Å². The normalized spacial score (nSPS) is 17.9. The summed E-state index contributed by atoms with van der Waals surface area (Å²) in [5, 5.41) is 2.28. The molecule has 5 heteroatoms. The summed E-state index contributed by atoms with van der Waals surface area (Å²) >= 11 is 0. The van der Waals surface area contributed by atoms with E-state index in [1.54, 1.807) is 12.4 Å². The monoisotopic (exact) mass is 421 g/mol. The zero-order valence-corrected chi connectivity index (χ0v) is 18.7. The first-order valence-corrected chi connectivity index (χ1v) is 11.0. The number of aryl methyl sites for hydroxylation is 3. The van der Waals surface area contributed by atoms with Crippen molar-refractivity contribution in [2.75, 3.05) is 4.90 Å². The predicted octanol–water partition coefficient (Wildman–Crippen LogP) is 5.65. The maximum Gasteiger partial charge on any atom is 0.277 e. The number of hydrogen-bond donors (Lipinski definition) is 1. The number of hydrogen-bond acceptors (Lipinski definition) is 4. The zero-order chi connectivity index (χ0) is 22.0. The lowest BCUT2D eigenvalue weighted by Crippen LogP contribution is -3.06. The summed E-state index contributed by atoms with van der Waals surface area (Å²) in [6.07, 6.45) is 3.63. The SMILES string of the molecule is Cc1cccc(C)c1N1c2nccnc2[NH+](c2c(C)ccc3c2oc2ccccc23)C1C. The van der Waals surface area contributed by atoms with E-state index < -0.39 is 0 Å². The van der Waals surface area contributed by atoms with E-state index in [-0.39, 0.29) is 6.17 Å². The fraction of sp³-hybridized carbons (Fsp3) is 0.185. The number of rotatable bonds is 2. The molecule has 3 aromatic carbocycles. The highest BCUT2D eigenvalue weighted by Crippen LogP contribution is 2.40. The number of furan rings is 1. The van der Waals surface area contributed by atoms with E-state index in [9.17, 15) is 0 Å². The minimum atomic E-state index is 0.0599. The second kappa shape index (κ2) is 6.90. The van der Waals surface area contributed by atoms with Gasteiger partial charge in [0.05, 0.1) is 11.9 Å². The van der Waals surface area contributed by atoms with E-state index in [2.05, 4.69) is 75.1 Å². The average molecular weight is 422 g/mol. The molecule has 1 aliphatic heterocycles. The third-order valence-electron chi connectivity index (χ3n) is 6.67. The number of benzene rings is 3. The summed E-state index contributed by atoms with van der Waals surface area (Å²) in [7, 11) is 0. The highest BCUT2D eigenvalue weighted by Gasteiger charge is 2.45. The second-order valence-corrected chi connectivity index (χ2v) is 8.66. The number of fused-ring (bicyclic) bond motifs is 4. The minimum Gasteiger partial charge on any atom is -0.450 e. The lowest BCUT2D eigenvalue weighted by atomic mass is 10.1. The van der Waals surface area contributed by atoms with Crippen molar-refractivity contribution >= 4 is 44.9 Å². The van der Waals surface area contributed by atoms with Crippen molar-refractivity contribution in [3.05, 3.63) is 83.7 Å². The van der Waals surface area contributed by atoms with Crippen LogP contribution in [0, 0.1) is 20.8 Å². The van der Waals surface area contributed by atoms with Crippen molar-refractivity contribution in [1.29, 1.82) is 0 Å². The highest BCUT2D eigenvalue weighted by atomic mass is 16.3. The van der Waals surface area contributed by atoms with Crippen LogP contribution in [0.4, 0.5) is 23.0 Å². The van der Waals surface area contributed by atoms with Gasteiger partial charge in [0.15, 0.2) is 17.4 Å². The topological polar surface area (TPSA) is 46.6 Å². The molecule has 0 aliphatic carbocycles. The van der Waals surface area contributed by atoms with Crippen LogP contribution in [0.1, 0.15) is 23.6 Å². The van der Waals surface area contributed by atoms with Gasteiger partial charge in [0.1, 0.15) is 5.58 Å². The van der Waals surface area contributed by atoms with E-state index in [4.69, 9.17) is 14.4 Å². The summed E-state index contributed by atoms with van der Waals surface area (Å²) in [4.78, 5) is 13.1. The maximum absolute atomic E-state index is 6.44. The van der Waals surface area contributed by atoms with Gasteiger partial charge in [0.25, 0.3) is 5.82 Å². The Morgan fingerprint density at radius 3 is 2.38 bits per heavy atom. The third kappa shape index (κ3) is 2.55. The van der Waals surface area contributed by atoms with Crippen molar-refractivity contribution in [3.8, 4) is 0 Å². The third-order valence-corrected chi connectivity index (χ3v) is 6.67. The molecule has 2 atom stereocenters. The number of anilines is 2. The minimum absolute atomic E-state index is 0.0599. The zero-order valence-electron chi connectivity index (χ0n) is 18.7. The molecule has 0 bridgehead atoms. The van der Waals surface area contributed by atoms with Gasteiger partial charge in [-0.2, -0.15) is 4.98 Å². The fourth-order valence-electron chi connectivity index (χ4n) is 5.24. The molecule has 0 saturated heterocycles. The van der Waals surface area contributed by atoms with E-state index in [0.29, 0.717) is 0 Å². The van der Waals surface area contributed by atoms with Crippen LogP contribution in [0.2, 0.25) is 0 Å². The molecule has 5 nitrogen and oxygen atoms in total. The van der Waals surface area contributed by atoms with Crippen molar-refractivity contribution in [1.82, 2.24) is 9.97 Å². The van der Waals surface area contributed by atoms with Crippen molar-refractivity contribution in [2.45, 2.75) is 33.9 Å². The average Bonchev–Trinajstić information content (AvgIpc) is 3.30. The Balaban J connectivity index is 1.64. The van der Waals surface area contributed by atoms with Crippen LogP contribution in [0.5, 0.6) is 0 Å². The van der Waals surface area contributed by atoms with Gasteiger partial charge in [-0.1, -0.05) is 42.5 Å². The Morgan fingerprint density at radius 2 is 1.56 bits per heavy atom. The first kappa shape index (κ1) is 19.0. The predicted molar refractivity (Wildman–Crippen MR) is 128 cm³/mol. The van der Waals surface area contributed by atoms with Gasteiger partial charge in [-0.15, -0.1) is 0 Å². The fourth-order valence-corrected chi connectivity index (χ4v) is 5.24. The molecule has 0 fully saturated rings. The van der Waals surface area contributed by atoms with Gasteiger partial charge < -0.3 is 4.42 Å². The Bertz CT molecular complexity index is 1480. The summed E-state index contributed by atoms with van der Waals surface area (Å²) in [6, 6.07) is 19.0. The molecule has 1 N–H and O–H groups in total. The number of quaternary nitrogens is 1. The molecule has 5 aromatic rings. The van der Waals surface area contributed by atoms with Crippen LogP contribution in [-0.4, -0.2) is 16.1 Å². The van der Waals surface area contributed by atoms with E-state index in [1.807, 2.05) is 12.1 Å². The standard InChI is InChI=1S/C27H24N4O/c1-16-8-7-9-17(2)23(16)30-19(4)31(27-26(30)28-14-15-29-27)24-18(3)12-13-21-20-10-5-6-11-22(20)32-25(21)24/h5-15,19H,1-4H3/p+1. The van der Waals surface area contributed by atoms with Crippen LogP contribution >= 0.6 is 0 Å². The molecule has 0 saturated carbocycles. The van der Waals surface area contributed by atoms with Gasteiger partial charge in [-0.25, -0.2) is 9.88 Å². The van der Waals surface area contributed by atoms with Crippen molar-refractivity contribution in [2.24, 2.45) is 0 Å². The maximum atomic E-state index is 6.44. The van der Waals surface area contributed by atoms with Crippen LogP contribution in [-0.2, 0) is 0 Å². The van der Waals surface area contributed by atoms with Crippen LogP contribution in [0.25, 0.3) is 21.9 Å². The van der Waals surface area contributed by atoms with Crippen molar-refractivity contribution < 1.29 is 9.32 Å². The van der Waals surface area contributed by atoms with Gasteiger partial charge >= 0.3 is 0 Å². The van der Waals surface area contributed by atoms with Gasteiger partial charge in [-0.05, 0) is 44.0 Å². The molecule has 2 aromatic heterocycles. The molecule has 6 rings (SSSR count). The molecule has 1 aliphatic rings. The first-order chi connectivity index (χ1) is 15.6. The summed E-state index contributed by atoms with van der Waals surface area (Å²) in [6.45, 7) is 8.72. The van der Waals surface area contributed by atoms with Crippen molar-refractivity contribution in [3.63, 3.8) is 0 Å². The number of nitrogens with zero attached hydrogens (tertiary/aromatic N) is 3. The molecular weight excluding hydrogens is 396 g/mol. The molecule has 0 radical (unpaired) electrons. The molecule has 3 heterocycles. The smallest absolute Gasteiger partial charge is 0.277 e. The second-order valence-electron chi connectivity index (χ2n) is 8.66. The lowest BCUT2D eigenvalue weighted by Gasteiger charge is -2.27. The summed E-state index contributed by atoms with van der Waals surface area (Å²) < 4.78 is 6.44. The van der Waals surface area contributed by atoms with Gasteiger partial charge in [0, 0.05) is 29.5 Å². The Morgan fingerprint density at radius 1 is 0.812 bits per heavy atom. The lowest BCUT2D eigenvalue weighted by molar-refractivity contribution is -0.782. The molecule has 0 spiro atoms. The number of aromatic nitrogens is 2. The Hall–Kier alpha value is -3.70.